The van der Waals surface area contributed by atoms with E-state index in [2.05, 4.69) is 55.4 Å². The maximum absolute atomic E-state index is 13.0. The Kier molecular flexibility index (Phi) is 54.8. The first kappa shape index (κ1) is 83.1. The van der Waals surface area contributed by atoms with Gasteiger partial charge in [0, 0.05) is 25.7 Å². The molecule has 0 aliphatic heterocycles. The molecular weight excluding hydrogens is 1130 g/mol. The summed E-state index contributed by atoms with van der Waals surface area (Å²) in [4.78, 5) is 72.3. The average molecular weight is 1260 g/mol. The highest BCUT2D eigenvalue weighted by atomic mass is 31.2. The zero-order chi connectivity index (χ0) is 63.2. The van der Waals surface area contributed by atoms with Crippen LogP contribution in [-0.2, 0) is 65.4 Å². The van der Waals surface area contributed by atoms with E-state index in [1.54, 1.807) is 0 Å². The summed E-state index contributed by atoms with van der Waals surface area (Å²) in [6.45, 7) is 14.0. The van der Waals surface area contributed by atoms with Gasteiger partial charge in [-0.2, -0.15) is 0 Å². The van der Waals surface area contributed by atoms with Crippen molar-refractivity contribution < 1.29 is 80.2 Å². The summed E-state index contributed by atoms with van der Waals surface area (Å²) in [7, 11) is -9.89. The molecule has 0 aromatic heterocycles. The molecule has 3 N–H and O–H groups in total. The molecule has 0 saturated carbocycles. The van der Waals surface area contributed by atoms with Gasteiger partial charge < -0.3 is 33.8 Å². The van der Waals surface area contributed by atoms with Crippen LogP contribution in [-0.4, -0.2) is 96.7 Å². The van der Waals surface area contributed by atoms with Crippen LogP contribution in [0.4, 0.5) is 0 Å². The first-order chi connectivity index (χ1) is 40.6. The molecule has 0 aromatic carbocycles. The second-order valence-electron chi connectivity index (χ2n) is 25.8. The van der Waals surface area contributed by atoms with E-state index in [1.807, 2.05) is 0 Å². The van der Waals surface area contributed by atoms with E-state index in [1.165, 1.54) is 122 Å². The van der Waals surface area contributed by atoms with E-state index in [0.29, 0.717) is 31.6 Å². The lowest BCUT2D eigenvalue weighted by Gasteiger charge is -2.21. The molecule has 85 heavy (non-hydrogen) atoms. The fourth-order valence-corrected chi connectivity index (χ4v) is 11.4. The van der Waals surface area contributed by atoms with Gasteiger partial charge in [0.05, 0.1) is 26.4 Å². The molecule has 0 radical (unpaired) electrons. The number of aliphatic hydroxyl groups excluding tert-OH is 1. The summed E-state index contributed by atoms with van der Waals surface area (Å²) in [6.07, 6.45) is 36.4. The van der Waals surface area contributed by atoms with E-state index in [9.17, 15) is 43.2 Å². The highest BCUT2D eigenvalue weighted by Gasteiger charge is 2.30. The van der Waals surface area contributed by atoms with Crippen molar-refractivity contribution in [1.29, 1.82) is 0 Å². The van der Waals surface area contributed by atoms with Gasteiger partial charge in [-0.15, -0.1) is 0 Å². The molecule has 0 aromatic rings. The fourth-order valence-electron chi connectivity index (χ4n) is 9.78. The van der Waals surface area contributed by atoms with E-state index < -0.39 is 97.5 Å². The second kappa shape index (κ2) is 56.1. The highest BCUT2D eigenvalue weighted by Crippen LogP contribution is 2.45. The second-order valence-corrected chi connectivity index (χ2v) is 28.7. The number of carbonyl (C=O) groups is 4. The first-order valence-electron chi connectivity index (χ1n) is 34.2. The van der Waals surface area contributed by atoms with Gasteiger partial charge in [-0.1, -0.05) is 267 Å². The quantitative estimate of drug-likeness (QED) is 0.0222. The SMILES string of the molecule is CC(C)CCCCCCCCCCCCC(=O)O[C@H](COC(=O)CCCCCCCCCCCC(C)C)COP(=O)(O)OCC(O)COP(=O)(O)OC[C@@H](COC(=O)CCCCCCCCCCC(C)C)OC(=O)CCCCCCCCC(C)C. The number of rotatable bonds is 63. The molecule has 0 spiro atoms. The third kappa shape index (κ3) is 60.7. The minimum atomic E-state index is -4.95. The van der Waals surface area contributed by atoms with Crippen molar-refractivity contribution in [3.63, 3.8) is 0 Å². The zero-order valence-corrected chi connectivity index (χ0v) is 57.0. The van der Waals surface area contributed by atoms with Crippen molar-refractivity contribution >= 4 is 39.5 Å². The molecule has 0 bridgehead atoms. The largest absolute Gasteiger partial charge is 0.472 e. The molecule has 19 heteroatoms. The van der Waals surface area contributed by atoms with Crippen LogP contribution in [0.2, 0.25) is 0 Å². The Morgan fingerprint density at radius 3 is 0.729 bits per heavy atom. The molecule has 0 aliphatic carbocycles. The molecule has 0 rings (SSSR count). The van der Waals surface area contributed by atoms with Crippen molar-refractivity contribution in [2.75, 3.05) is 39.6 Å². The summed E-state index contributed by atoms with van der Waals surface area (Å²) >= 11 is 0. The van der Waals surface area contributed by atoms with E-state index in [-0.39, 0.29) is 25.7 Å². The monoisotopic (exact) mass is 1250 g/mol. The van der Waals surface area contributed by atoms with Crippen LogP contribution < -0.4 is 0 Å². The number of carbonyl (C=O) groups excluding carboxylic acids is 4. The van der Waals surface area contributed by atoms with Crippen molar-refractivity contribution in [3.05, 3.63) is 0 Å². The Morgan fingerprint density at radius 2 is 0.494 bits per heavy atom. The number of aliphatic hydroxyl groups is 1. The molecule has 17 nitrogen and oxygen atoms in total. The summed E-state index contributed by atoms with van der Waals surface area (Å²) in [6, 6.07) is 0. The Hall–Kier alpha value is -1.94. The summed E-state index contributed by atoms with van der Waals surface area (Å²) in [5.41, 5.74) is 0. The Balaban J connectivity index is 5.25. The van der Waals surface area contributed by atoms with Gasteiger partial charge in [0.1, 0.15) is 19.3 Å². The molecule has 504 valence electrons. The Labute approximate surface area is 517 Å². The van der Waals surface area contributed by atoms with Gasteiger partial charge in [0.25, 0.3) is 0 Å². The number of hydrogen-bond donors (Lipinski definition) is 3. The third-order valence-corrected chi connectivity index (χ3v) is 17.0. The van der Waals surface area contributed by atoms with Crippen molar-refractivity contribution in [1.82, 2.24) is 0 Å². The number of esters is 4. The predicted octanol–water partition coefficient (Wildman–Crippen LogP) is 18.1. The Bertz CT molecular complexity index is 1700. The summed E-state index contributed by atoms with van der Waals surface area (Å²) < 4.78 is 68.1. The zero-order valence-electron chi connectivity index (χ0n) is 55.2. The van der Waals surface area contributed by atoms with Gasteiger partial charge in [-0.05, 0) is 49.4 Å². The lowest BCUT2D eigenvalue weighted by atomic mass is 10.0. The number of phosphoric ester groups is 2. The number of unbranched alkanes of at least 4 members (excludes halogenated alkanes) is 29. The third-order valence-electron chi connectivity index (χ3n) is 15.1. The van der Waals surface area contributed by atoms with Crippen LogP contribution in [0.3, 0.4) is 0 Å². The molecule has 0 heterocycles. The average Bonchev–Trinajstić information content (AvgIpc) is 3.53. The first-order valence-corrected chi connectivity index (χ1v) is 37.2. The molecule has 0 aliphatic rings. The number of phosphoric acid groups is 2. The number of hydrogen-bond acceptors (Lipinski definition) is 15. The fraction of sp³-hybridized carbons (Fsp3) is 0.939. The van der Waals surface area contributed by atoms with Crippen molar-refractivity contribution in [3.8, 4) is 0 Å². The molecule has 0 amide bonds. The van der Waals surface area contributed by atoms with Crippen LogP contribution in [0.15, 0.2) is 0 Å². The van der Waals surface area contributed by atoms with Crippen LogP contribution in [0, 0.1) is 23.7 Å². The lowest BCUT2D eigenvalue weighted by Crippen LogP contribution is -2.30. The van der Waals surface area contributed by atoms with Crippen LogP contribution in [0.5, 0.6) is 0 Å². The van der Waals surface area contributed by atoms with E-state index in [0.717, 1.165) is 108 Å². The lowest BCUT2D eigenvalue weighted by molar-refractivity contribution is -0.161. The highest BCUT2D eigenvalue weighted by molar-refractivity contribution is 7.47. The molecule has 3 unspecified atom stereocenters. The molecular formula is C66H128O17P2. The summed E-state index contributed by atoms with van der Waals surface area (Å²) in [5, 5.41) is 10.5. The van der Waals surface area contributed by atoms with Crippen LogP contribution >= 0.6 is 15.6 Å². The van der Waals surface area contributed by atoms with Gasteiger partial charge in [-0.25, -0.2) is 9.13 Å². The molecule has 0 fully saturated rings. The van der Waals surface area contributed by atoms with Gasteiger partial charge >= 0.3 is 39.5 Å². The van der Waals surface area contributed by atoms with Crippen LogP contribution in [0.25, 0.3) is 0 Å². The number of ether oxygens (including phenoxy) is 4. The van der Waals surface area contributed by atoms with Crippen molar-refractivity contribution in [2.45, 2.75) is 337 Å². The van der Waals surface area contributed by atoms with Gasteiger partial charge in [0.2, 0.25) is 0 Å². The van der Waals surface area contributed by atoms with Gasteiger partial charge in [-0.3, -0.25) is 37.3 Å². The normalized spacial score (nSPS) is 14.4. The maximum atomic E-state index is 13.0. The Morgan fingerprint density at radius 1 is 0.294 bits per heavy atom. The van der Waals surface area contributed by atoms with E-state index >= 15 is 0 Å². The minimum absolute atomic E-state index is 0.101. The minimum Gasteiger partial charge on any atom is -0.462 e. The molecule has 0 saturated heterocycles. The van der Waals surface area contributed by atoms with E-state index in [4.69, 9.17) is 37.0 Å². The standard InChI is InChI=1S/C66H128O17P2/c1-56(2)42-34-26-18-12-9-10-14-23-32-40-48-65(70)82-61(52-76-63(68)46-38-30-21-15-11-13-19-27-35-43-57(3)4)54-80-84(72,73)78-50-60(67)51-79-85(74,75)81-55-62(83-66(71)49-41-33-25-24-29-37-45-59(7)8)53-77-64(69)47-39-31-22-17-16-20-28-36-44-58(5)6/h56-62,67H,9-55H2,1-8H3,(H,72,73)(H,74,75)/t60?,61-,62-/m1/s1. The smallest absolute Gasteiger partial charge is 0.462 e. The topological polar surface area (TPSA) is 237 Å². The van der Waals surface area contributed by atoms with Crippen LogP contribution in [0.1, 0.15) is 319 Å². The summed E-state index contributed by atoms with van der Waals surface area (Å²) in [5.74, 6) is 0.752. The van der Waals surface area contributed by atoms with Gasteiger partial charge in [0.15, 0.2) is 12.2 Å². The maximum Gasteiger partial charge on any atom is 0.472 e. The van der Waals surface area contributed by atoms with Crippen molar-refractivity contribution in [2.24, 2.45) is 23.7 Å². The predicted molar refractivity (Wildman–Crippen MR) is 340 cm³/mol. The molecule has 5 atom stereocenters.